The van der Waals surface area contributed by atoms with Crippen LogP contribution in [0.1, 0.15) is 27.2 Å². The smallest absolute Gasteiger partial charge is 0.407 e. The second kappa shape index (κ2) is 10.7. The van der Waals surface area contributed by atoms with Crippen LogP contribution in [0.5, 0.6) is 11.6 Å². The fourth-order valence-corrected chi connectivity index (χ4v) is 3.10. The maximum Gasteiger partial charge on any atom is 0.407 e. The van der Waals surface area contributed by atoms with E-state index in [2.05, 4.69) is 41.6 Å². The number of alkyl carbamates (subject to hydrolysis) is 1. The van der Waals surface area contributed by atoms with Gasteiger partial charge in [0.25, 0.3) is 5.88 Å². The van der Waals surface area contributed by atoms with Gasteiger partial charge in [-0.2, -0.15) is 4.80 Å². The summed E-state index contributed by atoms with van der Waals surface area (Å²) in [5.41, 5.74) is -0.800. The number of nitrogens with zero attached hydrogens (tertiary/aromatic N) is 5. The number of carbonyl (C=O) groups is 2. The summed E-state index contributed by atoms with van der Waals surface area (Å²) in [5.74, 6) is -3.09. The predicted molar refractivity (Wildman–Crippen MR) is 121 cm³/mol. The van der Waals surface area contributed by atoms with Crippen LogP contribution < -0.4 is 10.1 Å². The maximum absolute atomic E-state index is 14.7. The van der Waals surface area contributed by atoms with E-state index in [4.69, 9.17) is 14.6 Å². The number of amides is 1. The maximum atomic E-state index is 14.7. The Morgan fingerprint density at radius 1 is 1.23 bits per heavy atom. The molecule has 2 heterocycles. The molecule has 1 atom stereocenters. The van der Waals surface area contributed by atoms with E-state index in [-0.39, 0.29) is 29.6 Å². The van der Waals surface area contributed by atoms with Crippen molar-refractivity contribution in [2.45, 2.75) is 45.4 Å². The van der Waals surface area contributed by atoms with Gasteiger partial charge in [0.2, 0.25) is 5.82 Å². The van der Waals surface area contributed by atoms with Crippen molar-refractivity contribution in [3.05, 3.63) is 46.6 Å². The van der Waals surface area contributed by atoms with Gasteiger partial charge in [-0.15, -0.1) is 10.2 Å². The number of carboxylic acid groups (broad SMARTS) is 1. The Morgan fingerprint density at radius 3 is 2.60 bits per heavy atom. The Hall–Kier alpha value is -3.68. The Bertz CT molecular complexity index is 1230. The number of tetrazole rings is 1. The molecule has 0 saturated carbocycles. The lowest BCUT2D eigenvalue weighted by atomic mass is 10.2. The van der Waals surface area contributed by atoms with Crippen LogP contribution in [0, 0.1) is 11.6 Å². The third-order valence-electron chi connectivity index (χ3n) is 4.15. The highest BCUT2D eigenvalue weighted by atomic mass is 79.9. The van der Waals surface area contributed by atoms with Crippen molar-refractivity contribution in [1.82, 2.24) is 30.5 Å². The third kappa shape index (κ3) is 7.67. The van der Waals surface area contributed by atoms with E-state index in [1.807, 2.05) is 0 Å². The molecule has 0 aliphatic heterocycles. The summed E-state index contributed by atoms with van der Waals surface area (Å²) in [6.45, 7) is 4.85. The molecule has 0 aliphatic rings. The highest BCUT2D eigenvalue weighted by Gasteiger charge is 2.23. The molecule has 3 aromatic rings. The summed E-state index contributed by atoms with van der Waals surface area (Å²) in [7, 11) is 0. The van der Waals surface area contributed by atoms with Gasteiger partial charge in [0, 0.05) is 16.7 Å². The number of carbonyl (C=O) groups excluding carboxylic acids is 1. The van der Waals surface area contributed by atoms with Gasteiger partial charge < -0.3 is 19.9 Å². The molecule has 0 spiro atoms. The van der Waals surface area contributed by atoms with Gasteiger partial charge in [-0.05, 0) is 60.1 Å². The predicted octanol–water partition coefficient (Wildman–Crippen LogP) is 3.94. The fraction of sp³-hybridized carbons (Fsp3) is 0.333. The van der Waals surface area contributed by atoms with Crippen LogP contribution in [0.25, 0.3) is 11.4 Å². The third-order valence-corrected chi connectivity index (χ3v) is 4.58. The number of hydrogen-bond acceptors (Lipinski definition) is 8. The number of ether oxygens (including phenoxy) is 2. The largest absolute Gasteiger partial charge is 0.481 e. The van der Waals surface area contributed by atoms with Gasteiger partial charge in [0.05, 0.1) is 24.6 Å². The first-order chi connectivity index (χ1) is 16.4. The van der Waals surface area contributed by atoms with Crippen LogP contribution in [0.4, 0.5) is 13.6 Å². The van der Waals surface area contributed by atoms with Crippen LogP contribution in [0.2, 0.25) is 0 Å². The van der Waals surface area contributed by atoms with E-state index in [1.165, 1.54) is 18.3 Å². The fourth-order valence-electron chi connectivity index (χ4n) is 2.80. The highest BCUT2D eigenvalue weighted by Crippen LogP contribution is 2.28. The zero-order chi connectivity index (χ0) is 25.8. The molecule has 11 nitrogen and oxygen atoms in total. The molecule has 2 N–H and O–H groups in total. The van der Waals surface area contributed by atoms with E-state index in [9.17, 15) is 18.4 Å². The van der Waals surface area contributed by atoms with Crippen LogP contribution >= 0.6 is 15.9 Å². The molecule has 14 heteroatoms. The SMILES string of the molecule is CC(C)(C)OC(=O)N[C@@H](CC(=O)O)Cn1nnc(-c2ccc(Oc3ncc(Br)cc3F)cc2F)n1. The van der Waals surface area contributed by atoms with Gasteiger partial charge in [0.1, 0.15) is 17.2 Å². The van der Waals surface area contributed by atoms with Crippen molar-refractivity contribution < 1.29 is 33.0 Å². The monoisotopic (exact) mass is 554 g/mol. The quantitative estimate of drug-likeness (QED) is 0.423. The normalized spacial score (nSPS) is 12.2. The molecule has 2 aromatic heterocycles. The minimum atomic E-state index is -1.16. The van der Waals surface area contributed by atoms with Crippen molar-refractivity contribution in [3.8, 4) is 23.0 Å². The Kier molecular flexibility index (Phi) is 7.94. The number of carboxylic acids is 1. The van der Waals surface area contributed by atoms with Gasteiger partial charge >= 0.3 is 12.1 Å². The molecular formula is C21H21BrF2N6O5. The zero-order valence-corrected chi connectivity index (χ0v) is 20.4. The molecule has 0 aliphatic carbocycles. The Labute approximate surface area is 206 Å². The lowest BCUT2D eigenvalue weighted by Crippen LogP contribution is -2.42. The van der Waals surface area contributed by atoms with Crippen molar-refractivity contribution in [3.63, 3.8) is 0 Å². The molecule has 0 fully saturated rings. The second-order valence-corrected chi connectivity index (χ2v) is 9.21. The molecule has 186 valence electrons. The average Bonchev–Trinajstić information content (AvgIpc) is 3.16. The number of nitrogens with one attached hydrogen (secondary N) is 1. The van der Waals surface area contributed by atoms with E-state index >= 15 is 0 Å². The minimum absolute atomic E-state index is 0.00422. The number of benzene rings is 1. The summed E-state index contributed by atoms with van der Waals surface area (Å²) in [6, 6.07) is 3.94. The lowest BCUT2D eigenvalue weighted by molar-refractivity contribution is -0.137. The molecule has 0 saturated heterocycles. The number of hydrogen-bond donors (Lipinski definition) is 2. The van der Waals surface area contributed by atoms with Gasteiger partial charge in [-0.25, -0.2) is 18.6 Å². The summed E-state index contributed by atoms with van der Waals surface area (Å²) in [4.78, 5) is 28.0. The average molecular weight is 555 g/mol. The molecular weight excluding hydrogens is 534 g/mol. The first-order valence-corrected chi connectivity index (χ1v) is 11.0. The van der Waals surface area contributed by atoms with Crippen molar-refractivity contribution in [2.75, 3.05) is 0 Å². The molecule has 1 aromatic carbocycles. The lowest BCUT2D eigenvalue weighted by Gasteiger charge is -2.22. The number of aromatic nitrogens is 5. The minimum Gasteiger partial charge on any atom is -0.481 e. The van der Waals surface area contributed by atoms with Crippen molar-refractivity contribution >= 4 is 28.0 Å². The van der Waals surface area contributed by atoms with E-state index < -0.39 is 41.8 Å². The van der Waals surface area contributed by atoms with E-state index in [0.29, 0.717) is 4.47 Å². The Balaban J connectivity index is 1.72. The highest BCUT2D eigenvalue weighted by molar-refractivity contribution is 9.10. The number of pyridine rings is 1. The van der Waals surface area contributed by atoms with Gasteiger partial charge in [-0.1, -0.05) is 0 Å². The zero-order valence-electron chi connectivity index (χ0n) is 18.8. The summed E-state index contributed by atoms with van der Waals surface area (Å²) in [6.07, 6.45) is 0.0973. The summed E-state index contributed by atoms with van der Waals surface area (Å²) >= 11 is 3.08. The number of aliphatic carboxylic acids is 1. The van der Waals surface area contributed by atoms with Crippen LogP contribution in [0.15, 0.2) is 34.9 Å². The van der Waals surface area contributed by atoms with Crippen LogP contribution in [-0.2, 0) is 16.1 Å². The molecule has 35 heavy (non-hydrogen) atoms. The van der Waals surface area contributed by atoms with Crippen LogP contribution in [-0.4, -0.2) is 54.0 Å². The van der Waals surface area contributed by atoms with E-state index in [1.54, 1.807) is 20.8 Å². The standard InChI is InChI=1S/C21H21BrF2N6O5/c1-21(2,3)35-20(33)26-12(7-17(31)32)10-30-28-18(27-29-30)14-5-4-13(8-15(14)23)34-19-16(24)6-11(22)9-25-19/h4-6,8-9,12H,7,10H2,1-3H3,(H,26,33)(H,31,32)/t12-/m0/s1. The number of rotatable bonds is 8. The summed E-state index contributed by atoms with van der Waals surface area (Å²) in [5, 5.41) is 23.2. The number of halogens is 3. The second-order valence-electron chi connectivity index (χ2n) is 8.29. The Morgan fingerprint density at radius 2 is 1.97 bits per heavy atom. The molecule has 1 amide bonds. The topological polar surface area (TPSA) is 141 Å². The molecule has 0 bridgehead atoms. The van der Waals surface area contributed by atoms with Crippen LogP contribution in [0.3, 0.4) is 0 Å². The molecule has 0 unspecified atom stereocenters. The molecule has 0 radical (unpaired) electrons. The van der Waals surface area contributed by atoms with Gasteiger partial charge in [0.15, 0.2) is 5.82 Å². The van der Waals surface area contributed by atoms with Gasteiger partial charge in [-0.3, -0.25) is 4.79 Å². The molecule has 3 rings (SSSR count). The summed E-state index contributed by atoms with van der Waals surface area (Å²) < 4.78 is 39.5. The van der Waals surface area contributed by atoms with E-state index in [0.717, 1.165) is 16.9 Å². The first-order valence-electron chi connectivity index (χ1n) is 10.2. The van der Waals surface area contributed by atoms with Crippen molar-refractivity contribution in [2.24, 2.45) is 0 Å². The van der Waals surface area contributed by atoms with Crippen molar-refractivity contribution in [1.29, 1.82) is 0 Å². The first kappa shape index (κ1) is 25.9.